The molecule has 1 amide bonds. The summed E-state index contributed by atoms with van der Waals surface area (Å²) in [5.74, 6) is -0.206. The highest BCUT2D eigenvalue weighted by atomic mass is 16.7. The normalized spacial score (nSPS) is 23.2. The number of allylic oxidation sites excluding steroid dienone is 7. The van der Waals surface area contributed by atoms with Crippen LogP contribution in [0.15, 0.2) is 48.6 Å². The average Bonchev–Trinajstić information content (AvgIpc) is 3.08. The summed E-state index contributed by atoms with van der Waals surface area (Å²) in [6.45, 7) is 3.47. The first-order chi connectivity index (χ1) is 23.3. The summed E-state index contributed by atoms with van der Waals surface area (Å²) in [5.41, 5.74) is 0. The zero-order chi connectivity index (χ0) is 35.2. The molecule has 0 bridgehead atoms. The number of aliphatic hydroxyl groups excluding tert-OH is 5. The van der Waals surface area contributed by atoms with E-state index in [1.807, 2.05) is 19.1 Å². The van der Waals surface area contributed by atoms with Gasteiger partial charge in [0.2, 0.25) is 5.91 Å². The lowest BCUT2D eigenvalue weighted by Crippen LogP contribution is -2.60. The van der Waals surface area contributed by atoms with Gasteiger partial charge in [0.1, 0.15) is 24.4 Å². The van der Waals surface area contributed by atoms with Crippen LogP contribution in [0, 0.1) is 0 Å². The number of hydrogen-bond donors (Lipinski definition) is 6. The summed E-state index contributed by atoms with van der Waals surface area (Å²) in [5, 5.41) is 53.7. The number of amides is 1. The molecule has 0 aromatic rings. The number of carbonyl (C=O) groups is 1. The van der Waals surface area contributed by atoms with E-state index in [0.29, 0.717) is 6.42 Å². The Bertz CT molecular complexity index is 889. The summed E-state index contributed by atoms with van der Waals surface area (Å²) in [6.07, 6.45) is 28.9. The fraction of sp³-hybridized carbons (Fsp3) is 0.769. The second-order valence-corrected chi connectivity index (χ2v) is 13.0. The minimum absolute atomic E-state index is 0.206. The van der Waals surface area contributed by atoms with Gasteiger partial charge >= 0.3 is 0 Å². The molecule has 9 nitrogen and oxygen atoms in total. The third kappa shape index (κ3) is 21.3. The van der Waals surface area contributed by atoms with Crippen molar-refractivity contribution in [3.8, 4) is 0 Å². The highest BCUT2D eigenvalue weighted by Gasteiger charge is 2.44. The largest absolute Gasteiger partial charge is 0.394 e. The van der Waals surface area contributed by atoms with Gasteiger partial charge < -0.3 is 40.3 Å². The third-order valence-electron chi connectivity index (χ3n) is 8.70. The van der Waals surface area contributed by atoms with Crippen molar-refractivity contribution in [1.29, 1.82) is 0 Å². The zero-order valence-electron chi connectivity index (χ0n) is 30.0. The lowest BCUT2D eigenvalue weighted by atomic mass is 9.99. The van der Waals surface area contributed by atoms with E-state index in [1.165, 1.54) is 51.4 Å². The van der Waals surface area contributed by atoms with Gasteiger partial charge in [0.25, 0.3) is 0 Å². The maximum atomic E-state index is 12.8. The number of aliphatic hydroxyl groups is 5. The number of rotatable bonds is 29. The van der Waals surface area contributed by atoms with Crippen molar-refractivity contribution in [2.75, 3.05) is 13.2 Å². The maximum Gasteiger partial charge on any atom is 0.220 e. The summed E-state index contributed by atoms with van der Waals surface area (Å²) in [7, 11) is 0. The highest BCUT2D eigenvalue weighted by Crippen LogP contribution is 2.22. The maximum absolute atomic E-state index is 12.8. The van der Waals surface area contributed by atoms with Crippen molar-refractivity contribution >= 4 is 5.91 Å². The molecule has 0 aliphatic carbocycles. The van der Waals surface area contributed by atoms with Gasteiger partial charge in [-0.05, 0) is 64.7 Å². The van der Waals surface area contributed by atoms with Gasteiger partial charge in [-0.15, -0.1) is 0 Å². The third-order valence-corrected chi connectivity index (χ3v) is 8.70. The van der Waals surface area contributed by atoms with Gasteiger partial charge in [0.05, 0.1) is 25.4 Å². The molecule has 0 aromatic carbocycles. The number of unbranched alkanes of at least 4 members (excludes halogenated alkanes) is 14. The van der Waals surface area contributed by atoms with Crippen LogP contribution in [-0.2, 0) is 14.3 Å². The van der Waals surface area contributed by atoms with Gasteiger partial charge in [0.15, 0.2) is 6.29 Å². The fourth-order valence-electron chi connectivity index (χ4n) is 5.60. The first-order valence-corrected chi connectivity index (χ1v) is 18.8. The molecule has 1 heterocycles. The SMILES string of the molecule is C/C=C/CC/C=C/CC/C=C/C(O)C(COC1OC(CO)C(O)C(O)C1O)NC(=O)CCCCCCC/C=C\CCCCCCCCC. The first-order valence-electron chi connectivity index (χ1n) is 18.8. The smallest absolute Gasteiger partial charge is 0.220 e. The molecule has 0 saturated carbocycles. The molecule has 1 fully saturated rings. The molecule has 0 aromatic heterocycles. The van der Waals surface area contributed by atoms with Crippen LogP contribution in [0.1, 0.15) is 136 Å². The van der Waals surface area contributed by atoms with Gasteiger partial charge in [-0.2, -0.15) is 0 Å². The molecule has 1 rings (SSSR count). The lowest BCUT2D eigenvalue weighted by Gasteiger charge is -2.40. The molecule has 0 radical (unpaired) electrons. The molecule has 9 heteroatoms. The van der Waals surface area contributed by atoms with Gasteiger partial charge in [0, 0.05) is 6.42 Å². The molecule has 1 aliphatic rings. The van der Waals surface area contributed by atoms with Gasteiger partial charge in [-0.1, -0.05) is 113 Å². The van der Waals surface area contributed by atoms with Crippen LogP contribution in [0.3, 0.4) is 0 Å². The Morgan fingerprint density at radius 2 is 1.27 bits per heavy atom. The van der Waals surface area contributed by atoms with E-state index in [9.17, 15) is 30.3 Å². The number of hydrogen-bond acceptors (Lipinski definition) is 8. The van der Waals surface area contributed by atoms with Gasteiger partial charge in [-0.3, -0.25) is 4.79 Å². The predicted octanol–water partition coefficient (Wildman–Crippen LogP) is 6.33. The van der Waals surface area contributed by atoms with Crippen molar-refractivity contribution in [3.63, 3.8) is 0 Å². The monoisotopic (exact) mass is 680 g/mol. The lowest BCUT2D eigenvalue weighted by molar-refractivity contribution is -0.302. The van der Waals surface area contributed by atoms with E-state index in [-0.39, 0.29) is 12.5 Å². The quantitative estimate of drug-likeness (QED) is 0.0397. The molecule has 6 N–H and O–H groups in total. The second kappa shape index (κ2) is 30.0. The van der Waals surface area contributed by atoms with E-state index < -0.39 is 49.5 Å². The topological polar surface area (TPSA) is 149 Å². The van der Waals surface area contributed by atoms with E-state index in [0.717, 1.165) is 64.2 Å². The molecular formula is C39H69NO8. The Hall–Kier alpha value is -1.85. The molecule has 1 aliphatic heterocycles. The second-order valence-electron chi connectivity index (χ2n) is 13.0. The molecular weight excluding hydrogens is 610 g/mol. The molecule has 7 unspecified atom stereocenters. The fourth-order valence-corrected chi connectivity index (χ4v) is 5.60. The number of carbonyl (C=O) groups excluding carboxylic acids is 1. The zero-order valence-corrected chi connectivity index (χ0v) is 30.0. The van der Waals surface area contributed by atoms with Crippen LogP contribution < -0.4 is 5.32 Å². The highest BCUT2D eigenvalue weighted by molar-refractivity contribution is 5.76. The Balaban J connectivity index is 2.44. The van der Waals surface area contributed by atoms with Crippen LogP contribution in [-0.4, -0.2) is 87.5 Å². The van der Waals surface area contributed by atoms with Crippen LogP contribution in [0.2, 0.25) is 0 Å². The van der Waals surface area contributed by atoms with Gasteiger partial charge in [-0.25, -0.2) is 0 Å². The van der Waals surface area contributed by atoms with Crippen LogP contribution in [0.25, 0.3) is 0 Å². The summed E-state index contributed by atoms with van der Waals surface area (Å²) < 4.78 is 11.1. The molecule has 1 saturated heterocycles. The van der Waals surface area contributed by atoms with Crippen molar-refractivity contribution in [1.82, 2.24) is 5.32 Å². The molecule has 7 atom stereocenters. The predicted molar refractivity (Wildman–Crippen MR) is 193 cm³/mol. The number of nitrogens with one attached hydrogen (secondary N) is 1. The van der Waals surface area contributed by atoms with E-state index >= 15 is 0 Å². The van der Waals surface area contributed by atoms with Crippen molar-refractivity contribution in [2.45, 2.75) is 179 Å². The van der Waals surface area contributed by atoms with Crippen molar-refractivity contribution in [2.24, 2.45) is 0 Å². The molecule has 48 heavy (non-hydrogen) atoms. The standard InChI is InChI=1S/C39H69NO8/c1-3-5-7-9-11-13-14-15-16-17-18-19-21-23-25-27-29-35(43)40-32(33(42)28-26-24-22-20-12-10-8-6-4-2)31-47-39-38(46)37(45)36(44)34(30-41)48-39/h4,6,12,16-17,20,26,28,32-34,36-39,41-42,44-46H,3,5,7-11,13-15,18-19,21-25,27,29-31H2,1-2H3,(H,40,43)/b6-4+,17-16-,20-12+,28-26+. The summed E-state index contributed by atoms with van der Waals surface area (Å²) in [6, 6.07) is -0.828. The van der Waals surface area contributed by atoms with E-state index in [4.69, 9.17) is 9.47 Å². The number of ether oxygens (including phenoxy) is 2. The first kappa shape index (κ1) is 44.2. The van der Waals surface area contributed by atoms with E-state index in [2.05, 4.69) is 42.6 Å². The Labute approximate surface area is 291 Å². The Morgan fingerprint density at radius 1 is 0.729 bits per heavy atom. The minimum atomic E-state index is -1.57. The van der Waals surface area contributed by atoms with Crippen LogP contribution in [0.4, 0.5) is 0 Å². The average molecular weight is 680 g/mol. The summed E-state index contributed by atoms with van der Waals surface area (Å²) >= 11 is 0. The van der Waals surface area contributed by atoms with Crippen LogP contribution in [0.5, 0.6) is 0 Å². The van der Waals surface area contributed by atoms with Crippen molar-refractivity contribution < 1.29 is 39.8 Å². The molecule has 0 spiro atoms. The minimum Gasteiger partial charge on any atom is -0.394 e. The molecule has 278 valence electrons. The Kier molecular flexibility index (Phi) is 27.6. The van der Waals surface area contributed by atoms with E-state index in [1.54, 1.807) is 6.08 Å². The summed E-state index contributed by atoms with van der Waals surface area (Å²) in [4.78, 5) is 12.8. The Morgan fingerprint density at radius 3 is 1.88 bits per heavy atom. The van der Waals surface area contributed by atoms with Crippen LogP contribution >= 0.6 is 0 Å². The van der Waals surface area contributed by atoms with Crippen molar-refractivity contribution in [3.05, 3.63) is 48.6 Å².